The minimum absolute atomic E-state index is 0.0454. The fourth-order valence-corrected chi connectivity index (χ4v) is 3.24. The molecule has 0 saturated carbocycles. The maximum atomic E-state index is 12.3. The zero-order chi connectivity index (χ0) is 18.1. The van der Waals surface area contributed by atoms with Gasteiger partial charge < -0.3 is 14.2 Å². The summed E-state index contributed by atoms with van der Waals surface area (Å²) in [6, 6.07) is 5.70. The van der Waals surface area contributed by atoms with Crippen molar-refractivity contribution in [1.29, 1.82) is 0 Å². The van der Waals surface area contributed by atoms with E-state index in [1.807, 2.05) is 35.9 Å². The molecule has 3 aromatic rings. The first-order chi connectivity index (χ1) is 11.9. The molecule has 0 bridgehead atoms. The number of aromatic carboxylic acids is 1. The lowest BCUT2D eigenvalue weighted by Gasteiger charge is -2.23. The van der Waals surface area contributed by atoms with Crippen molar-refractivity contribution in [2.75, 3.05) is 0 Å². The van der Waals surface area contributed by atoms with Crippen LogP contribution in [0.15, 0.2) is 41.7 Å². The zero-order valence-electron chi connectivity index (χ0n) is 14.4. The Hall–Kier alpha value is -2.96. The number of hydrogen-bond acceptors (Lipinski definition) is 4. The fraction of sp³-hybridized carbons (Fsp3) is 0.333. The summed E-state index contributed by atoms with van der Waals surface area (Å²) in [5, 5.41) is 9.27. The molecular formula is C18H20N4O3. The Morgan fingerprint density at radius 2 is 2.08 bits per heavy atom. The normalized spacial score (nSPS) is 12.6. The Morgan fingerprint density at radius 1 is 1.32 bits per heavy atom. The molecule has 2 heterocycles. The van der Waals surface area contributed by atoms with Crippen molar-refractivity contribution in [3.05, 3.63) is 58.5 Å². The summed E-state index contributed by atoms with van der Waals surface area (Å²) in [7, 11) is 0. The molecule has 0 aliphatic heterocycles. The predicted octanol–water partition coefficient (Wildman–Crippen LogP) is 2.56. The van der Waals surface area contributed by atoms with Gasteiger partial charge in [0.05, 0.1) is 23.4 Å². The average molecular weight is 340 g/mol. The van der Waals surface area contributed by atoms with Crippen molar-refractivity contribution in [3.8, 4) is 0 Å². The molecule has 0 fully saturated rings. The van der Waals surface area contributed by atoms with Crippen LogP contribution in [-0.4, -0.2) is 30.2 Å². The van der Waals surface area contributed by atoms with E-state index in [2.05, 4.69) is 23.8 Å². The third kappa shape index (κ3) is 2.93. The number of rotatable bonds is 5. The van der Waals surface area contributed by atoms with Gasteiger partial charge in [0.1, 0.15) is 0 Å². The van der Waals surface area contributed by atoms with Gasteiger partial charge in [-0.05, 0) is 30.5 Å². The van der Waals surface area contributed by atoms with E-state index in [4.69, 9.17) is 0 Å². The van der Waals surface area contributed by atoms with Gasteiger partial charge in [0.15, 0.2) is 0 Å². The summed E-state index contributed by atoms with van der Waals surface area (Å²) >= 11 is 0. The highest BCUT2D eigenvalue weighted by molar-refractivity contribution is 5.88. The topological polar surface area (TPSA) is 90.0 Å². The van der Waals surface area contributed by atoms with Crippen LogP contribution in [0, 0.1) is 5.92 Å². The highest BCUT2D eigenvalue weighted by Gasteiger charge is 2.20. The summed E-state index contributed by atoms with van der Waals surface area (Å²) in [4.78, 5) is 31.9. The van der Waals surface area contributed by atoms with Gasteiger partial charge in [-0.15, -0.1) is 0 Å². The van der Waals surface area contributed by atoms with Crippen molar-refractivity contribution in [1.82, 2.24) is 19.1 Å². The van der Waals surface area contributed by atoms with E-state index in [0.717, 1.165) is 5.56 Å². The summed E-state index contributed by atoms with van der Waals surface area (Å²) in [6.45, 7) is 6.41. The van der Waals surface area contributed by atoms with Gasteiger partial charge in [0, 0.05) is 18.9 Å². The number of hydrogen-bond donors (Lipinski definition) is 1. The van der Waals surface area contributed by atoms with Crippen LogP contribution in [0.4, 0.5) is 0 Å². The highest BCUT2D eigenvalue weighted by atomic mass is 16.4. The largest absolute Gasteiger partial charge is 0.476 e. The Bertz CT molecular complexity index is 974. The minimum atomic E-state index is -1.31. The lowest BCUT2D eigenvalue weighted by atomic mass is 9.95. The van der Waals surface area contributed by atoms with E-state index in [-0.39, 0.29) is 6.04 Å². The number of nitrogens with zero attached hydrogens (tertiary/aromatic N) is 4. The number of carbonyl (C=O) groups is 1. The number of aromatic nitrogens is 4. The monoisotopic (exact) mass is 340 g/mol. The molecule has 2 aromatic heterocycles. The minimum Gasteiger partial charge on any atom is -0.476 e. The first kappa shape index (κ1) is 16.9. The standard InChI is InChI=1S/C18H20N4O3/c1-4-22-14-6-5-12(16(11(2)3)21-8-7-19-10-21)9-13(14)20-15(17(22)23)18(24)25/h5-11,16H,4H2,1-3H3,(H,24,25). The van der Waals surface area contributed by atoms with Crippen LogP contribution >= 0.6 is 0 Å². The van der Waals surface area contributed by atoms with E-state index < -0.39 is 17.2 Å². The Labute approximate surface area is 144 Å². The lowest BCUT2D eigenvalue weighted by molar-refractivity contribution is 0.0688. The molecule has 1 atom stereocenters. The molecule has 3 rings (SSSR count). The summed E-state index contributed by atoms with van der Waals surface area (Å²) < 4.78 is 3.46. The number of imidazole rings is 1. The Morgan fingerprint density at radius 3 is 2.64 bits per heavy atom. The molecule has 1 unspecified atom stereocenters. The third-order valence-corrected chi connectivity index (χ3v) is 4.31. The smallest absolute Gasteiger partial charge is 0.360 e. The van der Waals surface area contributed by atoms with Crippen LogP contribution in [-0.2, 0) is 6.54 Å². The maximum Gasteiger partial charge on any atom is 0.360 e. The Balaban J connectivity index is 2.24. The van der Waals surface area contributed by atoms with Gasteiger partial charge in [0.25, 0.3) is 5.56 Å². The maximum absolute atomic E-state index is 12.3. The van der Waals surface area contributed by atoms with E-state index in [1.54, 1.807) is 12.5 Å². The molecule has 0 amide bonds. The van der Waals surface area contributed by atoms with Crippen LogP contribution in [0.5, 0.6) is 0 Å². The highest BCUT2D eigenvalue weighted by Crippen LogP contribution is 2.28. The molecule has 7 nitrogen and oxygen atoms in total. The number of fused-ring (bicyclic) bond motifs is 1. The first-order valence-corrected chi connectivity index (χ1v) is 8.19. The number of carboxylic acid groups (broad SMARTS) is 1. The van der Waals surface area contributed by atoms with Gasteiger partial charge >= 0.3 is 5.97 Å². The van der Waals surface area contributed by atoms with Crippen molar-refractivity contribution >= 4 is 17.0 Å². The van der Waals surface area contributed by atoms with Crippen LogP contribution in [0.25, 0.3) is 11.0 Å². The van der Waals surface area contributed by atoms with Gasteiger partial charge in [-0.25, -0.2) is 14.8 Å². The van der Waals surface area contributed by atoms with Crippen LogP contribution in [0.3, 0.4) is 0 Å². The summed E-state index contributed by atoms with van der Waals surface area (Å²) in [5.41, 5.74) is 1.10. The van der Waals surface area contributed by atoms with Gasteiger partial charge in [-0.1, -0.05) is 19.9 Å². The molecule has 0 spiro atoms. The molecule has 1 N–H and O–H groups in total. The van der Waals surface area contributed by atoms with Crippen molar-refractivity contribution in [3.63, 3.8) is 0 Å². The summed E-state index contributed by atoms with van der Waals surface area (Å²) in [5.74, 6) is -1.02. The molecule has 0 aliphatic rings. The lowest BCUT2D eigenvalue weighted by Crippen LogP contribution is -2.28. The molecule has 1 aromatic carbocycles. The second-order valence-electron chi connectivity index (χ2n) is 6.26. The van der Waals surface area contributed by atoms with Crippen molar-refractivity contribution in [2.24, 2.45) is 5.92 Å². The van der Waals surface area contributed by atoms with E-state index in [1.165, 1.54) is 4.57 Å². The van der Waals surface area contributed by atoms with E-state index >= 15 is 0 Å². The van der Waals surface area contributed by atoms with Gasteiger partial charge in [0.2, 0.25) is 5.69 Å². The second-order valence-corrected chi connectivity index (χ2v) is 6.26. The van der Waals surface area contributed by atoms with Gasteiger partial charge in [-0.3, -0.25) is 4.79 Å². The molecule has 7 heteroatoms. The van der Waals surface area contributed by atoms with E-state index in [9.17, 15) is 14.7 Å². The average Bonchev–Trinajstić information content (AvgIpc) is 3.08. The van der Waals surface area contributed by atoms with Crippen LogP contribution in [0.1, 0.15) is 42.9 Å². The third-order valence-electron chi connectivity index (χ3n) is 4.31. The molecular weight excluding hydrogens is 320 g/mol. The van der Waals surface area contributed by atoms with Crippen molar-refractivity contribution < 1.29 is 9.90 Å². The fourth-order valence-electron chi connectivity index (χ4n) is 3.24. The molecule has 0 radical (unpaired) electrons. The van der Waals surface area contributed by atoms with Crippen LogP contribution in [0.2, 0.25) is 0 Å². The molecule has 130 valence electrons. The zero-order valence-corrected chi connectivity index (χ0v) is 14.4. The quantitative estimate of drug-likeness (QED) is 0.771. The molecule has 25 heavy (non-hydrogen) atoms. The Kier molecular flexibility index (Phi) is 4.39. The van der Waals surface area contributed by atoms with E-state index in [0.29, 0.717) is 23.5 Å². The SMILES string of the molecule is CCn1c(=O)c(C(=O)O)nc2cc(C(C(C)C)n3ccnc3)ccc21. The predicted molar refractivity (Wildman–Crippen MR) is 93.8 cm³/mol. The first-order valence-electron chi connectivity index (χ1n) is 8.19. The van der Waals surface area contributed by atoms with Crippen LogP contribution < -0.4 is 5.56 Å². The molecule has 0 saturated heterocycles. The number of aryl methyl sites for hydroxylation is 1. The van der Waals surface area contributed by atoms with Crippen molar-refractivity contribution in [2.45, 2.75) is 33.4 Å². The molecule has 0 aliphatic carbocycles. The summed E-state index contributed by atoms with van der Waals surface area (Å²) in [6.07, 6.45) is 5.39. The van der Waals surface area contributed by atoms with Gasteiger partial charge in [-0.2, -0.15) is 0 Å². The number of benzene rings is 1. The number of carboxylic acids is 1. The second kappa shape index (κ2) is 6.51.